The van der Waals surface area contributed by atoms with E-state index in [1.807, 2.05) is 0 Å². The van der Waals surface area contributed by atoms with E-state index in [-0.39, 0.29) is 11.4 Å². The van der Waals surface area contributed by atoms with Gasteiger partial charge in [0.05, 0.1) is 19.9 Å². The number of aromatic nitrogens is 1. The van der Waals surface area contributed by atoms with Crippen molar-refractivity contribution in [2.24, 2.45) is 0 Å². The van der Waals surface area contributed by atoms with Gasteiger partial charge in [-0.25, -0.2) is 10.5 Å². The molecule has 8 heteroatoms. The average Bonchev–Trinajstić information content (AvgIpc) is 2.65. The summed E-state index contributed by atoms with van der Waals surface area (Å²) in [6.07, 6.45) is 4.26. The second kappa shape index (κ2) is 8.46. The lowest BCUT2D eigenvalue weighted by Crippen LogP contribution is -2.22. The molecule has 0 unspecified atom stereocenters. The second-order valence-corrected chi connectivity index (χ2v) is 4.78. The Morgan fingerprint density at radius 3 is 2.60 bits per heavy atom. The van der Waals surface area contributed by atoms with E-state index in [9.17, 15) is 9.59 Å². The van der Waals surface area contributed by atoms with Gasteiger partial charge in [-0.1, -0.05) is 6.07 Å². The Labute approximate surface area is 144 Å². The lowest BCUT2D eigenvalue weighted by molar-refractivity contribution is -0.111. The van der Waals surface area contributed by atoms with E-state index in [2.05, 4.69) is 10.3 Å². The van der Waals surface area contributed by atoms with Crippen LogP contribution in [0.15, 0.2) is 42.6 Å². The van der Waals surface area contributed by atoms with Crippen LogP contribution in [0.1, 0.15) is 16.1 Å². The van der Waals surface area contributed by atoms with Crippen LogP contribution in [0, 0.1) is 0 Å². The van der Waals surface area contributed by atoms with Crippen LogP contribution in [0.2, 0.25) is 0 Å². The fraction of sp³-hybridized carbons (Fsp3) is 0.118. The molecular weight excluding hydrogens is 326 g/mol. The van der Waals surface area contributed by atoms with Crippen molar-refractivity contribution in [2.45, 2.75) is 0 Å². The van der Waals surface area contributed by atoms with E-state index in [0.29, 0.717) is 11.5 Å². The van der Waals surface area contributed by atoms with E-state index in [0.717, 1.165) is 5.56 Å². The highest BCUT2D eigenvalue weighted by atomic mass is 16.5. The summed E-state index contributed by atoms with van der Waals surface area (Å²) >= 11 is 0. The molecule has 1 heterocycles. The largest absolute Gasteiger partial charge is 0.493 e. The fourth-order valence-electron chi connectivity index (χ4n) is 2.04. The van der Waals surface area contributed by atoms with Gasteiger partial charge in [0.2, 0.25) is 5.91 Å². The smallest absolute Gasteiger partial charge is 0.295 e. The summed E-state index contributed by atoms with van der Waals surface area (Å²) in [6.45, 7) is 0. The number of nitrogens with one attached hydrogen (secondary N) is 2. The third-order valence-electron chi connectivity index (χ3n) is 3.22. The number of nitrogens with zero attached hydrogens (tertiary/aromatic N) is 1. The van der Waals surface area contributed by atoms with Gasteiger partial charge < -0.3 is 14.8 Å². The van der Waals surface area contributed by atoms with Crippen LogP contribution in [0.25, 0.3) is 6.08 Å². The predicted octanol–water partition coefficient (Wildman–Crippen LogP) is 1.87. The van der Waals surface area contributed by atoms with E-state index < -0.39 is 11.8 Å². The van der Waals surface area contributed by atoms with Crippen LogP contribution >= 0.6 is 0 Å². The number of pyridine rings is 1. The maximum absolute atomic E-state index is 12.1. The van der Waals surface area contributed by atoms with Crippen LogP contribution in [-0.4, -0.2) is 36.2 Å². The van der Waals surface area contributed by atoms with Gasteiger partial charge in [0.1, 0.15) is 0 Å². The molecule has 2 rings (SSSR count). The Morgan fingerprint density at radius 1 is 1.16 bits per heavy atom. The number of hydrogen-bond acceptors (Lipinski definition) is 6. The molecule has 2 amide bonds. The van der Waals surface area contributed by atoms with Gasteiger partial charge in [0.25, 0.3) is 5.91 Å². The van der Waals surface area contributed by atoms with E-state index in [1.165, 1.54) is 38.0 Å². The Balaban J connectivity index is 2.13. The summed E-state index contributed by atoms with van der Waals surface area (Å²) in [7, 11) is 3.06. The molecule has 3 N–H and O–H groups in total. The number of hydroxylamine groups is 1. The summed E-state index contributed by atoms with van der Waals surface area (Å²) in [6, 6.07) is 8.26. The number of rotatable bonds is 6. The molecule has 1 aromatic carbocycles. The van der Waals surface area contributed by atoms with E-state index in [1.54, 1.807) is 30.3 Å². The lowest BCUT2D eigenvalue weighted by Gasteiger charge is -2.08. The van der Waals surface area contributed by atoms with Crippen LogP contribution < -0.4 is 20.3 Å². The van der Waals surface area contributed by atoms with Gasteiger partial charge >= 0.3 is 0 Å². The van der Waals surface area contributed by atoms with Crippen LogP contribution in [-0.2, 0) is 4.79 Å². The molecule has 0 radical (unpaired) electrons. The van der Waals surface area contributed by atoms with Gasteiger partial charge in [-0.3, -0.25) is 14.8 Å². The molecule has 0 aliphatic heterocycles. The average molecular weight is 343 g/mol. The molecule has 0 saturated carbocycles. The molecule has 0 atom stereocenters. The second-order valence-electron chi connectivity index (χ2n) is 4.78. The van der Waals surface area contributed by atoms with E-state index >= 15 is 0 Å². The maximum Gasteiger partial charge on any atom is 0.295 e. The number of benzene rings is 1. The first-order chi connectivity index (χ1) is 12.1. The van der Waals surface area contributed by atoms with Crippen molar-refractivity contribution in [1.82, 2.24) is 10.5 Å². The third-order valence-corrected chi connectivity index (χ3v) is 3.22. The van der Waals surface area contributed by atoms with Crippen molar-refractivity contribution in [1.29, 1.82) is 0 Å². The van der Waals surface area contributed by atoms with Crippen molar-refractivity contribution in [3.63, 3.8) is 0 Å². The topological polar surface area (TPSA) is 110 Å². The molecule has 0 saturated heterocycles. The monoisotopic (exact) mass is 343 g/mol. The van der Waals surface area contributed by atoms with Gasteiger partial charge in [-0.05, 0) is 35.9 Å². The first-order valence-corrected chi connectivity index (χ1v) is 7.19. The van der Waals surface area contributed by atoms with Crippen LogP contribution in [0.5, 0.6) is 11.5 Å². The molecule has 0 aliphatic carbocycles. The van der Waals surface area contributed by atoms with Gasteiger partial charge in [0.15, 0.2) is 17.2 Å². The highest BCUT2D eigenvalue weighted by Gasteiger charge is 2.13. The molecule has 0 aliphatic rings. The zero-order valence-electron chi connectivity index (χ0n) is 13.6. The standard InChI is InChI=1S/C17H17N3O5/c1-24-13-7-5-11(10-14(13)25-2)6-8-15(21)19-12-4-3-9-18-16(12)17(22)20-23/h3-10,23H,1-2H3,(H,19,21)(H,20,22)/b8-6+. The molecule has 0 spiro atoms. The zero-order chi connectivity index (χ0) is 18.2. The molecule has 0 bridgehead atoms. The Morgan fingerprint density at radius 2 is 1.92 bits per heavy atom. The highest BCUT2D eigenvalue weighted by molar-refractivity contribution is 6.06. The summed E-state index contributed by atoms with van der Waals surface area (Å²) in [5.41, 5.74) is 2.29. The SMILES string of the molecule is COc1ccc(/C=C/C(=O)Nc2cccnc2C(=O)NO)cc1OC. The number of anilines is 1. The molecule has 0 fully saturated rings. The summed E-state index contributed by atoms with van der Waals surface area (Å²) < 4.78 is 10.3. The number of amides is 2. The summed E-state index contributed by atoms with van der Waals surface area (Å²) in [5.74, 6) is -0.159. The number of hydrogen-bond donors (Lipinski definition) is 3. The first-order valence-electron chi connectivity index (χ1n) is 7.19. The minimum Gasteiger partial charge on any atom is -0.493 e. The third kappa shape index (κ3) is 4.55. The molecular formula is C17H17N3O5. The first kappa shape index (κ1) is 18.0. The van der Waals surface area contributed by atoms with Gasteiger partial charge in [-0.15, -0.1) is 0 Å². The Hall–Kier alpha value is -3.39. The molecule has 25 heavy (non-hydrogen) atoms. The van der Waals surface area contributed by atoms with Crippen molar-refractivity contribution < 1.29 is 24.3 Å². The molecule has 1 aromatic heterocycles. The van der Waals surface area contributed by atoms with Gasteiger partial charge in [-0.2, -0.15) is 0 Å². The van der Waals surface area contributed by atoms with Crippen LogP contribution in [0.3, 0.4) is 0 Å². The number of ether oxygens (including phenoxy) is 2. The zero-order valence-corrected chi connectivity index (χ0v) is 13.6. The number of carbonyl (C=O) groups is 2. The highest BCUT2D eigenvalue weighted by Crippen LogP contribution is 2.27. The lowest BCUT2D eigenvalue weighted by atomic mass is 10.2. The van der Waals surface area contributed by atoms with E-state index in [4.69, 9.17) is 14.7 Å². The van der Waals surface area contributed by atoms with Crippen molar-refractivity contribution in [3.8, 4) is 11.5 Å². The van der Waals surface area contributed by atoms with Crippen molar-refractivity contribution >= 4 is 23.6 Å². The Bertz CT molecular complexity index is 805. The predicted molar refractivity (Wildman–Crippen MR) is 90.7 cm³/mol. The quantitative estimate of drug-likeness (QED) is 0.420. The number of methoxy groups -OCH3 is 2. The van der Waals surface area contributed by atoms with Gasteiger partial charge in [0, 0.05) is 12.3 Å². The number of carbonyl (C=O) groups excluding carboxylic acids is 2. The molecule has 8 nitrogen and oxygen atoms in total. The summed E-state index contributed by atoms with van der Waals surface area (Å²) in [5, 5.41) is 11.2. The summed E-state index contributed by atoms with van der Waals surface area (Å²) in [4.78, 5) is 27.4. The Kier molecular flexibility index (Phi) is 6.08. The normalized spacial score (nSPS) is 10.4. The van der Waals surface area contributed by atoms with Crippen molar-refractivity contribution in [3.05, 3.63) is 53.9 Å². The van der Waals surface area contributed by atoms with Crippen molar-refractivity contribution in [2.75, 3.05) is 19.5 Å². The maximum atomic E-state index is 12.1. The molecule has 2 aromatic rings. The minimum atomic E-state index is -0.820. The fourth-order valence-corrected chi connectivity index (χ4v) is 2.04. The van der Waals surface area contributed by atoms with Crippen LogP contribution in [0.4, 0.5) is 5.69 Å². The molecule has 130 valence electrons. The minimum absolute atomic E-state index is 0.0992.